The fourth-order valence-electron chi connectivity index (χ4n) is 6.98. The summed E-state index contributed by atoms with van der Waals surface area (Å²) >= 11 is 0. The summed E-state index contributed by atoms with van der Waals surface area (Å²) in [6.45, 7) is 8.99. The van der Waals surface area contributed by atoms with Crippen molar-refractivity contribution < 1.29 is 50.3 Å². The summed E-state index contributed by atoms with van der Waals surface area (Å²) in [5.41, 5.74) is 2.87. The molecule has 2 aliphatic rings. The number of aromatic hydroxyl groups is 8. The summed E-state index contributed by atoms with van der Waals surface area (Å²) in [6.07, 6.45) is -1.45. The van der Waals surface area contributed by atoms with Crippen LogP contribution in [0.2, 0.25) is 0 Å². The molecule has 2 heterocycles. The third kappa shape index (κ3) is 4.54. The van der Waals surface area contributed by atoms with Gasteiger partial charge in [-0.3, -0.25) is 0 Å². The molecular formula is C35H36O10. The SMILES string of the molecule is Cc1cc(C2Oc3c(C)c(O)cc(O)c3C(c3c(O)cc(O)c4c3OC(c3ccc(O)c(O)c3)C(C)C4C)C2C)cc(O)c1O. The third-order valence-electron chi connectivity index (χ3n) is 9.63. The van der Waals surface area contributed by atoms with Gasteiger partial charge < -0.3 is 50.3 Å². The second-order valence-electron chi connectivity index (χ2n) is 12.4. The van der Waals surface area contributed by atoms with Crippen molar-refractivity contribution in [1.82, 2.24) is 0 Å². The molecule has 8 N–H and O–H groups in total. The van der Waals surface area contributed by atoms with E-state index in [1.54, 1.807) is 26.0 Å². The molecule has 10 heteroatoms. The van der Waals surface area contributed by atoms with E-state index < -0.39 is 24.0 Å². The van der Waals surface area contributed by atoms with Crippen LogP contribution in [0.5, 0.6) is 57.5 Å². The fourth-order valence-corrected chi connectivity index (χ4v) is 6.98. The lowest BCUT2D eigenvalue weighted by Crippen LogP contribution is -2.32. The summed E-state index contributed by atoms with van der Waals surface area (Å²) in [6, 6.07) is 9.95. The van der Waals surface area contributed by atoms with Crippen LogP contribution in [0.3, 0.4) is 0 Å². The Labute approximate surface area is 259 Å². The van der Waals surface area contributed by atoms with Gasteiger partial charge in [-0.15, -0.1) is 0 Å². The largest absolute Gasteiger partial charge is 0.507 e. The van der Waals surface area contributed by atoms with Crippen molar-refractivity contribution in [3.63, 3.8) is 0 Å². The van der Waals surface area contributed by atoms with Crippen LogP contribution in [0.15, 0.2) is 42.5 Å². The van der Waals surface area contributed by atoms with Crippen molar-refractivity contribution in [2.24, 2.45) is 11.8 Å². The maximum Gasteiger partial charge on any atom is 0.160 e. The van der Waals surface area contributed by atoms with Crippen molar-refractivity contribution in [2.45, 2.75) is 58.7 Å². The molecule has 6 rings (SSSR count). The first-order valence-corrected chi connectivity index (χ1v) is 14.7. The minimum atomic E-state index is -0.821. The number of benzene rings is 4. The predicted molar refractivity (Wildman–Crippen MR) is 164 cm³/mol. The maximum absolute atomic E-state index is 11.6. The van der Waals surface area contributed by atoms with Crippen LogP contribution in [-0.2, 0) is 0 Å². The summed E-state index contributed by atoms with van der Waals surface area (Å²) in [5, 5.41) is 85.5. The zero-order valence-corrected chi connectivity index (χ0v) is 25.4. The Morgan fingerprint density at radius 2 is 1.07 bits per heavy atom. The van der Waals surface area contributed by atoms with Gasteiger partial charge >= 0.3 is 0 Å². The van der Waals surface area contributed by atoms with E-state index in [-0.39, 0.29) is 74.9 Å². The molecule has 6 atom stereocenters. The van der Waals surface area contributed by atoms with Crippen molar-refractivity contribution in [2.75, 3.05) is 0 Å². The fraction of sp³-hybridized carbons (Fsp3) is 0.314. The molecule has 0 aromatic heterocycles. The Bertz CT molecular complexity index is 1820. The second-order valence-corrected chi connectivity index (χ2v) is 12.4. The lowest BCUT2D eigenvalue weighted by Gasteiger charge is -2.43. The van der Waals surface area contributed by atoms with Gasteiger partial charge in [0.15, 0.2) is 23.0 Å². The molecular weight excluding hydrogens is 580 g/mol. The van der Waals surface area contributed by atoms with Gasteiger partial charge in [0.05, 0.1) is 0 Å². The normalized spacial score (nSPS) is 23.8. The lowest BCUT2D eigenvalue weighted by molar-refractivity contribution is 0.0908. The molecule has 0 spiro atoms. The Kier molecular flexibility index (Phi) is 6.99. The van der Waals surface area contributed by atoms with Crippen LogP contribution < -0.4 is 9.47 Å². The van der Waals surface area contributed by atoms with E-state index in [0.29, 0.717) is 33.4 Å². The number of hydrogen-bond acceptors (Lipinski definition) is 10. The zero-order chi connectivity index (χ0) is 32.6. The third-order valence-corrected chi connectivity index (χ3v) is 9.63. The molecule has 236 valence electrons. The number of phenolic OH excluding ortho intramolecular Hbond substituents is 8. The summed E-state index contributed by atoms with van der Waals surface area (Å²) in [7, 11) is 0. The molecule has 45 heavy (non-hydrogen) atoms. The van der Waals surface area contributed by atoms with E-state index in [0.717, 1.165) is 0 Å². The number of rotatable bonds is 3. The van der Waals surface area contributed by atoms with Crippen LogP contribution in [-0.4, -0.2) is 40.9 Å². The van der Waals surface area contributed by atoms with E-state index >= 15 is 0 Å². The van der Waals surface area contributed by atoms with E-state index in [1.807, 2.05) is 20.8 Å². The Morgan fingerprint density at radius 1 is 0.511 bits per heavy atom. The van der Waals surface area contributed by atoms with Crippen LogP contribution in [0.25, 0.3) is 0 Å². The monoisotopic (exact) mass is 616 g/mol. The highest BCUT2D eigenvalue weighted by molar-refractivity contribution is 5.67. The maximum atomic E-state index is 11.6. The molecule has 10 nitrogen and oxygen atoms in total. The van der Waals surface area contributed by atoms with Gasteiger partial charge in [0.1, 0.15) is 46.7 Å². The first kappa shape index (κ1) is 29.9. The standard InChI is InChI=1S/C35H36O10/c1-13-8-19(10-26(42)31(13)43)33-17(5)28(29-24(40)11-21(37)16(4)34(29)44-33)30-25(41)12-23(39)27-14(2)15(3)32(45-35(27)30)18-6-7-20(36)22(38)9-18/h6-12,14-15,17,28,32-33,36-43H,1-5H3. The summed E-state index contributed by atoms with van der Waals surface area (Å²) in [5.74, 6) is -3.64. The van der Waals surface area contributed by atoms with Crippen molar-refractivity contribution >= 4 is 0 Å². The molecule has 6 unspecified atom stereocenters. The highest BCUT2D eigenvalue weighted by Crippen LogP contribution is 2.61. The molecule has 4 aromatic carbocycles. The molecule has 0 radical (unpaired) electrons. The number of fused-ring (bicyclic) bond motifs is 2. The minimum Gasteiger partial charge on any atom is -0.507 e. The van der Waals surface area contributed by atoms with Gasteiger partial charge in [-0.05, 0) is 60.7 Å². The highest BCUT2D eigenvalue weighted by atomic mass is 16.5. The minimum absolute atomic E-state index is 0.167. The number of hydrogen-bond donors (Lipinski definition) is 8. The van der Waals surface area contributed by atoms with Crippen LogP contribution in [0, 0.1) is 25.7 Å². The summed E-state index contributed by atoms with van der Waals surface area (Å²) < 4.78 is 13.1. The van der Waals surface area contributed by atoms with Crippen molar-refractivity contribution in [1.29, 1.82) is 0 Å². The topological polar surface area (TPSA) is 180 Å². The first-order valence-electron chi connectivity index (χ1n) is 14.7. The van der Waals surface area contributed by atoms with Gasteiger partial charge in [-0.25, -0.2) is 0 Å². The van der Waals surface area contributed by atoms with E-state index in [2.05, 4.69) is 0 Å². The molecule has 0 fully saturated rings. The Morgan fingerprint density at radius 3 is 1.71 bits per heavy atom. The zero-order valence-electron chi connectivity index (χ0n) is 25.4. The molecule has 0 aliphatic carbocycles. The van der Waals surface area contributed by atoms with Crippen LogP contribution in [0.4, 0.5) is 0 Å². The van der Waals surface area contributed by atoms with Gasteiger partial charge in [-0.1, -0.05) is 26.8 Å². The summed E-state index contributed by atoms with van der Waals surface area (Å²) in [4.78, 5) is 0. The van der Waals surface area contributed by atoms with Crippen molar-refractivity contribution in [3.05, 3.63) is 81.4 Å². The molecule has 0 saturated heterocycles. The van der Waals surface area contributed by atoms with Crippen LogP contribution >= 0.6 is 0 Å². The van der Waals surface area contributed by atoms with Crippen LogP contribution in [0.1, 0.15) is 83.8 Å². The van der Waals surface area contributed by atoms with Gasteiger partial charge in [0, 0.05) is 52.1 Å². The average molecular weight is 617 g/mol. The Balaban J connectivity index is 1.61. The number of aryl methyl sites for hydroxylation is 1. The van der Waals surface area contributed by atoms with E-state index in [4.69, 9.17) is 9.47 Å². The highest BCUT2D eigenvalue weighted by Gasteiger charge is 2.46. The smallest absolute Gasteiger partial charge is 0.160 e. The number of ether oxygens (including phenoxy) is 2. The quantitative estimate of drug-likeness (QED) is 0.115. The van der Waals surface area contributed by atoms with E-state index in [9.17, 15) is 40.9 Å². The molecule has 0 amide bonds. The van der Waals surface area contributed by atoms with Gasteiger partial charge in [0.2, 0.25) is 0 Å². The number of phenols is 8. The molecule has 4 aromatic rings. The molecule has 0 saturated carbocycles. The lowest BCUT2D eigenvalue weighted by atomic mass is 9.71. The molecule has 2 aliphatic heterocycles. The van der Waals surface area contributed by atoms with Crippen molar-refractivity contribution in [3.8, 4) is 57.5 Å². The Hall–Kier alpha value is -5.12. The predicted octanol–water partition coefficient (Wildman–Crippen LogP) is 6.72. The molecule has 0 bridgehead atoms. The van der Waals surface area contributed by atoms with Gasteiger partial charge in [0.25, 0.3) is 0 Å². The average Bonchev–Trinajstić information content (AvgIpc) is 2.97. The first-order chi connectivity index (χ1) is 21.2. The second kappa shape index (κ2) is 10.5. The van der Waals surface area contributed by atoms with Gasteiger partial charge in [-0.2, -0.15) is 0 Å². The van der Waals surface area contributed by atoms with E-state index in [1.165, 1.54) is 30.3 Å².